The number of benzene rings is 1. The minimum Gasteiger partial charge on any atom is -0.445 e. The average molecular weight is 616 g/mol. The molecule has 3 atom stereocenters. The lowest BCUT2D eigenvalue weighted by molar-refractivity contribution is -0.133. The van der Waals surface area contributed by atoms with Gasteiger partial charge in [-0.25, -0.2) is 4.79 Å². The number of carbonyl (C=O) groups is 5. The van der Waals surface area contributed by atoms with E-state index in [1.165, 1.54) is 0 Å². The van der Waals surface area contributed by atoms with E-state index in [0.717, 1.165) is 5.56 Å². The molecule has 0 aliphatic carbocycles. The van der Waals surface area contributed by atoms with Crippen LogP contribution in [0.15, 0.2) is 35.3 Å². The summed E-state index contributed by atoms with van der Waals surface area (Å²) in [6.45, 7) is 7.23. The summed E-state index contributed by atoms with van der Waals surface area (Å²) in [5.74, 6) is -2.63. The number of hydrogen-bond acceptors (Lipinski definition) is 7. The van der Waals surface area contributed by atoms with Gasteiger partial charge in [-0.3, -0.25) is 24.2 Å². The van der Waals surface area contributed by atoms with E-state index >= 15 is 0 Å². The van der Waals surface area contributed by atoms with Gasteiger partial charge in [-0.15, -0.1) is 0 Å². The normalized spacial score (nSPS) is 12.6. The molecule has 242 valence electrons. The van der Waals surface area contributed by atoms with Gasteiger partial charge in [-0.1, -0.05) is 58.0 Å². The Morgan fingerprint density at radius 3 is 2.00 bits per heavy atom. The SMILES string of the molecule is CC(C)C[C@H](NC(=O)[C@H](CC(C)C)NC(=O)[C@H](CCCN=C(N)N)NC(=O)OCc1ccccc1)C(=O)NCC(=O)C=[N+]=[N-]. The number of Topliss-reactive ketones (excluding diaryl/α,β-unsaturated/α-hetero) is 1. The molecule has 4 amide bonds. The number of carbonyl (C=O) groups excluding carboxylic acids is 5. The molecule has 0 unspecified atom stereocenters. The van der Waals surface area contributed by atoms with Gasteiger partial charge in [0, 0.05) is 6.54 Å². The van der Waals surface area contributed by atoms with Crippen LogP contribution in [0.5, 0.6) is 0 Å². The van der Waals surface area contributed by atoms with Crippen molar-refractivity contribution < 1.29 is 33.5 Å². The molecule has 8 N–H and O–H groups in total. The fraction of sp³-hybridized carbons (Fsp3) is 0.552. The van der Waals surface area contributed by atoms with Crippen molar-refractivity contribution in [2.45, 2.75) is 78.1 Å². The molecule has 0 saturated heterocycles. The van der Waals surface area contributed by atoms with E-state index in [2.05, 4.69) is 31.0 Å². The number of nitrogens with zero attached hydrogens (tertiary/aromatic N) is 3. The van der Waals surface area contributed by atoms with E-state index in [0.29, 0.717) is 12.6 Å². The maximum Gasteiger partial charge on any atom is 0.408 e. The first-order chi connectivity index (χ1) is 20.8. The quantitative estimate of drug-likeness (QED) is 0.0417. The van der Waals surface area contributed by atoms with Crippen LogP contribution in [0, 0.1) is 11.8 Å². The highest BCUT2D eigenvalue weighted by molar-refractivity contribution is 6.26. The number of alkyl carbamates (subject to hydrolysis) is 1. The Hall–Kier alpha value is -4.78. The molecule has 0 spiro atoms. The van der Waals surface area contributed by atoms with E-state index in [1.54, 1.807) is 24.3 Å². The van der Waals surface area contributed by atoms with Gasteiger partial charge < -0.3 is 43.0 Å². The van der Waals surface area contributed by atoms with Crippen molar-refractivity contribution in [2.75, 3.05) is 13.1 Å². The number of aliphatic imine (C=N–C) groups is 1. The Bertz CT molecular complexity index is 1180. The van der Waals surface area contributed by atoms with E-state index < -0.39 is 54.3 Å². The van der Waals surface area contributed by atoms with Crippen molar-refractivity contribution in [3.8, 4) is 0 Å². The maximum absolute atomic E-state index is 13.4. The van der Waals surface area contributed by atoms with Gasteiger partial charge in [-0.05, 0) is 43.1 Å². The van der Waals surface area contributed by atoms with Crippen LogP contribution in [0.3, 0.4) is 0 Å². The summed E-state index contributed by atoms with van der Waals surface area (Å²) >= 11 is 0. The van der Waals surface area contributed by atoms with Crippen LogP contribution in [0.1, 0.15) is 58.9 Å². The van der Waals surface area contributed by atoms with Crippen LogP contribution >= 0.6 is 0 Å². The summed E-state index contributed by atoms with van der Waals surface area (Å²) in [7, 11) is 0. The third kappa shape index (κ3) is 16.0. The van der Waals surface area contributed by atoms with Crippen molar-refractivity contribution in [1.29, 1.82) is 0 Å². The zero-order chi connectivity index (χ0) is 33.1. The first-order valence-corrected chi connectivity index (χ1v) is 14.4. The molecule has 0 radical (unpaired) electrons. The second-order valence-corrected chi connectivity index (χ2v) is 11.0. The Labute approximate surface area is 257 Å². The molecule has 1 aromatic rings. The minimum atomic E-state index is -1.08. The molecule has 0 fully saturated rings. The smallest absolute Gasteiger partial charge is 0.408 e. The maximum atomic E-state index is 13.4. The summed E-state index contributed by atoms with van der Waals surface area (Å²) in [5.41, 5.74) is 20.0. The van der Waals surface area contributed by atoms with Gasteiger partial charge in [0.05, 0.1) is 6.54 Å². The van der Waals surface area contributed by atoms with Crippen LogP contribution in [0.25, 0.3) is 5.53 Å². The fourth-order valence-corrected chi connectivity index (χ4v) is 4.04. The van der Waals surface area contributed by atoms with Crippen LogP contribution < -0.4 is 32.7 Å². The number of ether oxygens (including phenoxy) is 1. The Kier molecular flexibility index (Phi) is 17.1. The van der Waals surface area contributed by atoms with Gasteiger partial charge >= 0.3 is 12.3 Å². The van der Waals surface area contributed by atoms with Crippen molar-refractivity contribution in [1.82, 2.24) is 21.3 Å². The lowest BCUT2D eigenvalue weighted by atomic mass is 9.99. The highest BCUT2D eigenvalue weighted by atomic mass is 16.5. The number of nitrogens with one attached hydrogen (secondary N) is 4. The molecule has 0 aliphatic rings. The Morgan fingerprint density at radius 2 is 1.45 bits per heavy atom. The van der Waals surface area contributed by atoms with E-state index in [-0.39, 0.29) is 50.2 Å². The van der Waals surface area contributed by atoms with Crippen molar-refractivity contribution in [3.63, 3.8) is 0 Å². The summed E-state index contributed by atoms with van der Waals surface area (Å²) in [6.07, 6.45) is 0.802. The molecule has 15 nitrogen and oxygen atoms in total. The van der Waals surface area contributed by atoms with Crippen molar-refractivity contribution in [3.05, 3.63) is 41.4 Å². The van der Waals surface area contributed by atoms with E-state index in [1.807, 2.05) is 33.8 Å². The molecule has 1 aromatic carbocycles. The van der Waals surface area contributed by atoms with Gasteiger partial charge in [0.1, 0.15) is 24.7 Å². The molecular weight excluding hydrogens is 570 g/mol. The number of guanidine groups is 1. The lowest BCUT2D eigenvalue weighted by Crippen LogP contribution is -2.57. The number of nitrogens with two attached hydrogens (primary N) is 2. The summed E-state index contributed by atoms with van der Waals surface area (Å²) in [4.78, 5) is 70.4. The van der Waals surface area contributed by atoms with E-state index in [9.17, 15) is 24.0 Å². The summed E-state index contributed by atoms with van der Waals surface area (Å²) < 4.78 is 5.27. The van der Waals surface area contributed by atoms with E-state index in [4.69, 9.17) is 21.7 Å². The van der Waals surface area contributed by atoms with Gasteiger partial charge in [0.15, 0.2) is 5.96 Å². The number of ketones is 1. The number of rotatable bonds is 19. The zero-order valence-electron chi connectivity index (χ0n) is 25.7. The molecule has 0 saturated carbocycles. The number of amides is 4. The fourth-order valence-electron chi connectivity index (χ4n) is 4.04. The van der Waals surface area contributed by atoms with Gasteiger partial charge in [0.2, 0.25) is 17.7 Å². The largest absolute Gasteiger partial charge is 0.445 e. The summed E-state index contributed by atoms with van der Waals surface area (Å²) in [5, 5.41) is 10.4. The Balaban J connectivity index is 3.04. The average Bonchev–Trinajstić information content (AvgIpc) is 2.95. The Morgan fingerprint density at radius 1 is 0.886 bits per heavy atom. The molecular formula is C29H45N9O6. The molecule has 15 heteroatoms. The van der Waals surface area contributed by atoms with Crippen LogP contribution in [0.2, 0.25) is 0 Å². The topological polar surface area (TPSA) is 243 Å². The predicted molar refractivity (Wildman–Crippen MR) is 164 cm³/mol. The van der Waals surface area contributed by atoms with Crippen molar-refractivity contribution in [2.24, 2.45) is 28.3 Å². The molecule has 44 heavy (non-hydrogen) atoms. The summed E-state index contributed by atoms with van der Waals surface area (Å²) in [6, 6.07) is 5.88. The highest BCUT2D eigenvalue weighted by Gasteiger charge is 2.30. The second-order valence-electron chi connectivity index (χ2n) is 11.0. The minimum absolute atomic E-state index is 0.000379. The highest BCUT2D eigenvalue weighted by Crippen LogP contribution is 2.10. The van der Waals surface area contributed by atoms with Gasteiger partial charge in [0.25, 0.3) is 5.78 Å². The monoisotopic (exact) mass is 615 g/mol. The van der Waals surface area contributed by atoms with Crippen LogP contribution in [0.4, 0.5) is 4.79 Å². The van der Waals surface area contributed by atoms with Crippen LogP contribution in [-0.4, -0.2) is 77.8 Å². The first-order valence-electron chi connectivity index (χ1n) is 14.4. The van der Waals surface area contributed by atoms with Crippen molar-refractivity contribution >= 4 is 41.8 Å². The second kappa shape index (κ2) is 20.2. The predicted octanol–water partition coefficient (Wildman–Crippen LogP) is 0.383. The number of hydrogen-bond donors (Lipinski definition) is 6. The van der Waals surface area contributed by atoms with Crippen LogP contribution in [-0.2, 0) is 30.5 Å². The third-order valence-electron chi connectivity index (χ3n) is 6.09. The standard InChI is InChI=1S/C29H45N9O6/c1-18(2)13-23(25(40)34-15-21(39)16-35-32)36-27(42)24(14-19(3)4)37-26(41)22(11-8-12-33-28(30)31)38-29(43)44-17-20-9-6-5-7-10-20/h5-7,9-10,16,18-19,22-24H,8,11-15,17H2,1-4H3,(H,34,40)(H,36,42)(H,37,41)(H,38,43)(H4,30,31,33)/t22-,23-,24-/m0/s1. The molecule has 1 rings (SSSR count). The molecule has 0 aromatic heterocycles. The lowest BCUT2D eigenvalue weighted by Gasteiger charge is -2.26. The third-order valence-corrected chi connectivity index (χ3v) is 6.09. The first kappa shape index (κ1) is 37.2. The van der Waals surface area contributed by atoms with Gasteiger partial charge in [-0.2, -0.15) is 4.79 Å². The zero-order valence-corrected chi connectivity index (χ0v) is 25.7. The molecule has 0 aliphatic heterocycles. The molecule has 0 bridgehead atoms. The molecule has 0 heterocycles.